The van der Waals surface area contributed by atoms with E-state index in [4.69, 9.17) is 0 Å². The van der Waals surface area contributed by atoms with Crippen LogP contribution in [0.4, 0.5) is 5.69 Å². The van der Waals surface area contributed by atoms with Crippen LogP contribution in [-0.2, 0) is 10.0 Å². The van der Waals surface area contributed by atoms with E-state index in [9.17, 15) is 18.5 Å². The number of H-pyrrole nitrogens is 1. The van der Waals surface area contributed by atoms with Gasteiger partial charge < -0.3 is 0 Å². The average Bonchev–Trinajstić information content (AvgIpc) is 3.24. The molecule has 2 N–H and O–H groups in total. The van der Waals surface area contributed by atoms with Crippen molar-refractivity contribution in [2.24, 2.45) is 5.92 Å². The van der Waals surface area contributed by atoms with Crippen LogP contribution in [0.25, 0.3) is 11.4 Å². The second-order valence-electron chi connectivity index (χ2n) is 7.77. The number of nitro groups is 1. The molecule has 0 bridgehead atoms. The maximum atomic E-state index is 12.8. The Labute approximate surface area is 189 Å². The van der Waals surface area contributed by atoms with Gasteiger partial charge in [0, 0.05) is 30.1 Å². The molecular weight excluding hydrogens is 452 g/mol. The van der Waals surface area contributed by atoms with Crippen molar-refractivity contribution in [2.45, 2.75) is 53.6 Å². The summed E-state index contributed by atoms with van der Waals surface area (Å²) in [5, 5.41) is 18.8. The molecule has 168 valence electrons. The third kappa shape index (κ3) is 5.14. The zero-order chi connectivity index (χ0) is 22.7. The van der Waals surface area contributed by atoms with Gasteiger partial charge in [0.15, 0.2) is 5.82 Å². The Bertz CT molecular complexity index is 1210. The van der Waals surface area contributed by atoms with Crippen LogP contribution in [0, 0.1) is 16.0 Å². The molecule has 0 atom stereocenters. The van der Waals surface area contributed by atoms with Gasteiger partial charge in [-0.1, -0.05) is 6.92 Å². The highest BCUT2D eigenvalue weighted by atomic mass is 32.2. The van der Waals surface area contributed by atoms with E-state index in [1.807, 2.05) is 0 Å². The van der Waals surface area contributed by atoms with Crippen molar-refractivity contribution in [2.75, 3.05) is 0 Å². The average molecular weight is 475 g/mol. The number of nitrogens with zero attached hydrogens (tertiary/aromatic N) is 4. The summed E-state index contributed by atoms with van der Waals surface area (Å²) in [6.07, 6.45) is 6.69. The SMILES string of the molecule is CC1CCC(NS(=O)(=O)c2ccc(Sc3n[nH]c(-c4ccncc4)n3)c([N+](=O)[O-])c2)CC1. The maximum Gasteiger partial charge on any atom is 0.284 e. The molecule has 12 heteroatoms. The van der Waals surface area contributed by atoms with Gasteiger partial charge in [-0.2, -0.15) is 0 Å². The van der Waals surface area contributed by atoms with Crippen molar-refractivity contribution in [3.8, 4) is 11.4 Å². The molecule has 10 nitrogen and oxygen atoms in total. The number of aromatic nitrogens is 4. The van der Waals surface area contributed by atoms with Crippen molar-refractivity contribution in [1.82, 2.24) is 24.9 Å². The lowest BCUT2D eigenvalue weighted by molar-refractivity contribution is -0.388. The first-order chi connectivity index (χ1) is 15.3. The van der Waals surface area contributed by atoms with E-state index in [0.717, 1.165) is 49.1 Å². The Morgan fingerprint density at radius 2 is 1.88 bits per heavy atom. The number of hydrogen-bond acceptors (Lipinski definition) is 8. The number of rotatable bonds is 7. The second kappa shape index (κ2) is 9.35. The molecule has 0 saturated heterocycles. The summed E-state index contributed by atoms with van der Waals surface area (Å²) in [5.74, 6) is 1.09. The summed E-state index contributed by atoms with van der Waals surface area (Å²) in [7, 11) is -3.86. The van der Waals surface area contributed by atoms with Gasteiger partial charge in [-0.25, -0.2) is 18.1 Å². The standard InChI is InChI=1S/C20H22N6O4S2/c1-13-2-4-15(5-3-13)25-32(29,30)16-6-7-18(17(12-16)26(27)28)31-20-22-19(23-24-20)14-8-10-21-11-9-14/h6-13,15,25H,2-5H2,1H3,(H,22,23,24). The molecule has 0 amide bonds. The van der Waals surface area contributed by atoms with Gasteiger partial charge in [0.25, 0.3) is 5.69 Å². The second-order valence-corrected chi connectivity index (χ2v) is 10.5. The zero-order valence-electron chi connectivity index (χ0n) is 17.3. The van der Waals surface area contributed by atoms with E-state index >= 15 is 0 Å². The molecule has 1 aliphatic carbocycles. The Kier molecular flexibility index (Phi) is 6.53. The fourth-order valence-electron chi connectivity index (χ4n) is 3.59. The number of sulfonamides is 1. The van der Waals surface area contributed by atoms with E-state index in [0.29, 0.717) is 11.7 Å². The lowest BCUT2D eigenvalue weighted by Gasteiger charge is -2.26. The molecule has 2 heterocycles. The molecule has 0 radical (unpaired) electrons. The molecule has 0 unspecified atom stereocenters. The third-order valence-electron chi connectivity index (χ3n) is 5.39. The van der Waals surface area contributed by atoms with E-state index in [1.54, 1.807) is 24.5 Å². The van der Waals surface area contributed by atoms with Gasteiger partial charge in [-0.15, -0.1) is 5.10 Å². The fraction of sp³-hybridized carbons (Fsp3) is 0.350. The monoisotopic (exact) mass is 474 g/mol. The smallest absolute Gasteiger partial charge is 0.265 e. The van der Waals surface area contributed by atoms with Gasteiger partial charge in [0.2, 0.25) is 15.2 Å². The Hall–Kier alpha value is -2.83. The van der Waals surface area contributed by atoms with E-state index in [1.165, 1.54) is 12.1 Å². The quantitative estimate of drug-likeness (QED) is 0.389. The molecule has 3 aromatic rings. The lowest BCUT2D eigenvalue weighted by Crippen LogP contribution is -2.37. The summed E-state index contributed by atoms with van der Waals surface area (Å²) in [6.45, 7) is 2.15. The fourth-order valence-corrected chi connectivity index (χ4v) is 5.71. The van der Waals surface area contributed by atoms with Crippen molar-refractivity contribution in [3.05, 3.63) is 52.8 Å². The van der Waals surface area contributed by atoms with Crippen LogP contribution in [0.1, 0.15) is 32.6 Å². The molecular formula is C20H22N6O4S2. The predicted octanol–water partition coefficient (Wildman–Crippen LogP) is 3.78. The topological polar surface area (TPSA) is 144 Å². The van der Waals surface area contributed by atoms with Gasteiger partial charge in [0.05, 0.1) is 14.7 Å². The molecule has 1 saturated carbocycles. The molecule has 1 aliphatic rings. The van der Waals surface area contributed by atoms with Gasteiger partial charge in [-0.3, -0.25) is 20.2 Å². The minimum atomic E-state index is -3.86. The van der Waals surface area contributed by atoms with Crippen molar-refractivity contribution < 1.29 is 13.3 Å². The Morgan fingerprint density at radius 1 is 1.16 bits per heavy atom. The molecule has 0 aliphatic heterocycles. The first kappa shape index (κ1) is 22.4. The van der Waals surface area contributed by atoms with Crippen molar-refractivity contribution in [1.29, 1.82) is 0 Å². The number of pyridine rings is 1. The van der Waals surface area contributed by atoms with Crippen LogP contribution in [0.5, 0.6) is 0 Å². The van der Waals surface area contributed by atoms with E-state index < -0.39 is 14.9 Å². The molecule has 1 aromatic carbocycles. The molecule has 2 aromatic heterocycles. The van der Waals surface area contributed by atoms with Crippen molar-refractivity contribution >= 4 is 27.5 Å². The minimum Gasteiger partial charge on any atom is -0.265 e. The zero-order valence-corrected chi connectivity index (χ0v) is 18.9. The van der Waals surface area contributed by atoms with Gasteiger partial charge in [-0.05, 0) is 67.6 Å². The summed E-state index contributed by atoms with van der Waals surface area (Å²) in [6, 6.07) is 7.26. The van der Waals surface area contributed by atoms with Crippen LogP contribution in [0.2, 0.25) is 0 Å². The Morgan fingerprint density at radius 3 is 2.56 bits per heavy atom. The number of nitrogens with one attached hydrogen (secondary N) is 2. The largest absolute Gasteiger partial charge is 0.284 e. The van der Waals surface area contributed by atoms with Crippen molar-refractivity contribution in [3.63, 3.8) is 0 Å². The summed E-state index contributed by atoms with van der Waals surface area (Å²) >= 11 is 0.987. The number of hydrogen-bond donors (Lipinski definition) is 2. The molecule has 0 spiro atoms. The van der Waals surface area contributed by atoms with Crippen LogP contribution in [-0.4, -0.2) is 39.5 Å². The first-order valence-corrected chi connectivity index (χ1v) is 12.4. The van der Waals surface area contributed by atoms with Gasteiger partial charge in [0.1, 0.15) is 0 Å². The molecule has 4 rings (SSSR count). The lowest BCUT2D eigenvalue weighted by atomic mass is 9.88. The highest BCUT2D eigenvalue weighted by molar-refractivity contribution is 7.99. The van der Waals surface area contributed by atoms with Crippen LogP contribution >= 0.6 is 11.8 Å². The molecule has 32 heavy (non-hydrogen) atoms. The molecule has 1 fully saturated rings. The summed E-state index contributed by atoms with van der Waals surface area (Å²) < 4.78 is 28.3. The Balaban J connectivity index is 1.54. The van der Waals surface area contributed by atoms with Crippen LogP contribution in [0.3, 0.4) is 0 Å². The summed E-state index contributed by atoms with van der Waals surface area (Å²) in [4.78, 5) is 19.5. The minimum absolute atomic E-state index is 0.125. The normalized spacial score (nSPS) is 19.0. The highest BCUT2D eigenvalue weighted by Gasteiger charge is 2.27. The first-order valence-electron chi connectivity index (χ1n) is 10.1. The number of benzene rings is 1. The highest BCUT2D eigenvalue weighted by Crippen LogP contribution is 2.35. The number of aromatic amines is 1. The van der Waals surface area contributed by atoms with E-state index in [-0.39, 0.29) is 26.7 Å². The van der Waals surface area contributed by atoms with Gasteiger partial charge >= 0.3 is 0 Å². The predicted molar refractivity (Wildman–Crippen MR) is 119 cm³/mol. The maximum absolute atomic E-state index is 12.8. The van der Waals surface area contributed by atoms with E-state index in [2.05, 4.69) is 31.8 Å². The number of nitro benzene ring substituents is 1. The van der Waals surface area contributed by atoms with Crippen LogP contribution < -0.4 is 4.72 Å². The summed E-state index contributed by atoms with van der Waals surface area (Å²) in [5.41, 5.74) is 0.462. The van der Waals surface area contributed by atoms with Crippen LogP contribution in [0.15, 0.2) is 57.7 Å². The third-order valence-corrected chi connectivity index (χ3v) is 7.84.